The fourth-order valence-electron chi connectivity index (χ4n) is 3.55. The molecule has 170 valence electrons. The van der Waals surface area contributed by atoms with Crippen LogP contribution in [0.1, 0.15) is 82.3 Å². The van der Waals surface area contributed by atoms with Gasteiger partial charge in [0.2, 0.25) is 0 Å². The summed E-state index contributed by atoms with van der Waals surface area (Å²) in [5, 5.41) is 9.19. The van der Waals surface area contributed by atoms with Crippen molar-refractivity contribution in [2.45, 2.75) is 76.9 Å². The molecule has 6 nitrogen and oxygen atoms in total. The van der Waals surface area contributed by atoms with Gasteiger partial charge in [0.1, 0.15) is 11.6 Å². The third kappa shape index (κ3) is 9.09. The van der Waals surface area contributed by atoms with Crippen LogP contribution in [0.25, 0.3) is 10.8 Å². The molecule has 0 aliphatic rings. The van der Waals surface area contributed by atoms with E-state index >= 15 is 0 Å². The molecular weight excluding hydrogens is 412 g/mol. The zero-order chi connectivity index (χ0) is 22.7. The molecule has 0 saturated carbocycles. The standard InChI is InChI=1S/C24H34N2O4S/c1-2-3-4-5-6-7-8-9-10-11-23(27)30-31(28,29)18-19-12-13-21-17-22(24(25)26)15-14-20(21)16-19/h12-17H,2-11,18H2,1H3,(H3,25,26). The first-order valence-electron chi connectivity index (χ1n) is 11.1. The van der Waals surface area contributed by atoms with E-state index < -0.39 is 16.1 Å². The van der Waals surface area contributed by atoms with Gasteiger partial charge in [-0.3, -0.25) is 10.2 Å². The Morgan fingerprint density at radius 3 is 2.13 bits per heavy atom. The lowest BCUT2D eigenvalue weighted by atomic mass is 10.0. The van der Waals surface area contributed by atoms with Gasteiger partial charge in [0.05, 0.1) is 0 Å². The third-order valence-corrected chi connectivity index (χ3v) is 6.39. The second-order valence-corrected chi connectivity index (χ2v) is 9.62. The molecule has 0 heterocycles. The Hall–Kier alpha value is -2.41. The maximum Gasteiger partial charge on any atom is 0.322 e. The van der Waals surface area contributed by atoms with Gasteiger partial charge in [-0.25, -0.2) is 0 Å². The predicted octanol–water partition coefficient (Wildman–Crippen LogP) is 5.42. The maximum atomic E-state index is 12.3. The monoisotopic (exact) mass is 446 g/mol. The molecular formula is C24H34N2O4S. The molecule has 0 atom stereocenters. The number of amidine groups is 1. The molecule has 0 spiro atoms. The molecule has 3 N–H and O–H groups in total. The largest absolute Gasteiger partial charge is 0.384 e. The van der Waals surface area contributed by atoms with E-state index in [1.165, 1.54) is 32.1 Å². The lowest BCUT2D eigenvalue weighted by molar-refractivity contribution is -0.133. The Morgan fingerprint density at radius 1 is 0.903 bits per heavy atom. The summed E-state index contributed by atoms with van der Waals surface area (Å²) in [5.41, 5.74) is 6.65. The number of fused-ring (bicyclic) bond motifs is 1. The van der Waals surface area contributed by atoms with Crippen LogP contribution in [0.2, 0.25) is 0 Å². The van der Waals surface area contributed by atoms with Crippen LogP contribution in [0.5, 0.6) is 0 Å². The number of carbonyl (C=O) groups is 1. The minimum atomic E-state index is -3.99. The molecule has 31 heavy (non-hydrogen) atoms. The lowest BCUT2D eigenvalue weighted by Gasteiger charge is -2.08. The minimum Gasteiger partial charge on any atom is -0.384 e. The smallest absolute Gasteiger partial charge is 0.322 e. The van der Waals surface area contributed by atoms with Crippen LogP contribution in [0, 0.1) is 5.41 Å². The molecule has 0 aromatic heterocycles. The van der Waals surface area contributed by atoms with E-state index in [-0.39, 0.29) is 18.0 Å². The Morgan fingerprint density at radius 2 is 1.48 bits per heavy atom. The summed E-state index contributed by atoms with van der Waals surface area (Å²) >= 11 is 0. The summed E-state index contributed by atoms with van der Waals surface area (Å²) < 4.78 is 29.3. The molecule has 0 aliphatic heterocycles. The van der Waals surface area contributed by atoms with E-state index in [1.54, 1.807) is 36.4 Å². The van der Waals surface area contributed by atoms with Gasteiger partial charge in [-0.15, -0.1) is 0 Å². The van der Waals surface area contributed by atoms with Crippen molar-refractivity contribution < 1.29 is 17.4 Å². The van der Waals surface area contributed by atoms with Gasteiger partial charge in [0.25, 0.3) is 0 Å². The number of hydrogen-bond acceptors (Lipinski definition) is 5. The normalized spacial score (nSPS) is 11.5. The summed E-state index contributed by atoms with van der Waals surface area (Å²) in [6.07, 6.45) is 10.2. The molecule has 2 rings (SSSR count). The van der Waals surface area contributed by atoms with E-state index in [1.807, 2.05) is 0 Å². The van der Waals surface area contributed by atoms with Gasteiger partial charge in [-0.2, -0.15) is 8.42 Å². The first-order valence-corrected chi connectivity index (χ1v) is 12.7. The van der Waals surface area contributed by atoms with Crippen molar-refractivity contribution in [2.75, 3.05) is 0 Å². The van der Waals surface area contributed by atoms with Gasteiger partial charge in [0, 0.05) is 12.0 Å². The van der Waals surface area contributed by atoms with Crippen LogP contribution in [-0.2, 0) is 24.8 Å². The topological polar surface area (TPSA) is 110 Å². The second kappa shape index (κ2) is 12.4. The summed E-state index contributed by atoms with van der Waals surface area (Å²) in [6, 6.07) is 10.5. The number of unbranched alkanes of at least 4 members (excludes halogenated alkanes) is 8. The first kappa shape index (κ1) is 24.9. The average Bonchev–Trinajstić information content (AvgIpc) is 2.71. The Balaban J connectivity index is 1.76. The highest BCUT2D eigenvalue weighted by atomic mass is 32.2. The number of nitrogens with one attached hydrogen (secondary N) is 1. The van der Waals surface area contributed by atoms with Crippen LogP contribution in [0.4, 0.5) is 0 Å². The van der Waals surface area contributed by atoms with Crippen molar-refractivity contribution in [1.29, 1.82) is 5.41 Å². The number of nitrogen functional groups attached to an aromatic ring is 1. The molecule has 2 aromatic rings. The number of hydrogen-bond donors (Lipinski definition) is 2. The van der Waals surface area contributed by atoms with Crippen LogP contribution >= 0.6 is 0 Å². The fraction of sp³-hybridized carbons (Fsp3) is 0.500. The summed E-state index contributed by atoms with van der Waals surface area (Å²) in [6.45, 7) is 2.20. The molecule has 7 heteroatoms. The Bertz CT molecular complexity index is 986. The number of nitrogens with two attached hydrogens (primary N) is 1. The van der Waals surface area contributed by atoms with Crippen LogP contribution in [-0.4, -0.2) is 20.2 Å². The van der Waals surface area contributed by atoms with Crippen molar-refractivity contribution in [3.05, 3.63) is 47.5 Å². The van der Waals surface area contributed by atoms with Crippen LogP contribution in [0.15, 0.2) is 36.4 Å². The van der Waals surface area contributed by atoms with E-state index in [4.69, 9.17) is 15.3 Å². The van der Waals surface area contributed by atoms with Gasteiger partial charge in [-0.1, -0.05) is 88.6 Å². The highest BCUT2D eigenvalue weighted by Crippen LogP contribution is 2.20. The predicted molar refractivity (Wildman–Crippen MR) is 126 cm³/mol. The molecule has 0 radical (unpaired) electrons. The van der Waals surface area contributed by atoms with Crippen molar-refractivity contribution in [3.63, 3.8) is 0 Å². The summed E-state index contributed by atoms with van der Waals surface area (Å²) in [4.78, 5) is 11.9. The molecule has 0 bridgehead atoms. The summed E-state index contributed by atoms with van der Waals surface area (Å²) in [7, 11) is -3.99. The average molecular weight is 447 g/mol. The third-order valence-electron chi connectivity index (χ3n) is 5.26. The van der Waals surface area contributed by atoms with Crippen LogP contribution in [0.3, 0.4) is 0 Å². The van der Waals surface area contributed by atoms with Crippen molar-refractivity contribution in [1.82, 2.24) is 0 Å². The molecule has 0 saturated heterocycles. The van der Waals surface area contributed by atoms with Crippen molar-refractivity contribution in [3.8, 4) is 0 Å². The quantitative estimate of drug-likeness (QED) is 0.174. The Labute approximate surface area is 185 Å². The number of rotatable bonds is 14. The van der Waals surface area contributed by atoms with Gasteiger partial charge in [0.15, 0.2) is 0 Å². The molecule has 0 unspecified atom stereocenters. The minimum absolute atomic E-state index is 0.0209. The van der Waals surface area contributed by atoms with E-state index in [2.05, 4.69) is 6.92 Å². The first-order chi connectivity index (χ1) is 14.8. The van der Waals surface area contributed by atoms with Gasteiger partial charge >= 0.3 is 16.1 Å². The van der Waals surface area contributed by atoms with Crippen molar-refractivity contribution >= 4 is 32.7 Å². The van der Waals surface area contributed by atoms with Crippen LogP contribution < -0.4 is 5.73 Å². The highest BCUT2D eigenvalue weighted by molar-refractivity contribution is 7.86. The Kier molecular flexibility index (Phi) is 9.98. The van der Waals surface area contributed by atoms with Gasteiger partial charge in [-0.05, 0) is 28.8 Å². The summed E-state index contributed by atoms with van der Waals surface area (Å²) in [5.74, 6) is -1.07. The fourth-order valence-corrected chi connectivity index (χ4v) is 4.56. The number of carbonyl (C=O) groups excluding carboxylic acids is 1. The molecule has 0 aliphatic carbocycles. The van der Waals surface area contributed by atoms with E-state index in [0.29, 0.717) is 17.5 Å². The number of benzene rings is 2. The molecule has 0 fully saturated rings. The highest BCUT2D eigenvalue weighted by Gasteiger charge is 2.18. The van der Waals surface area contributed by atoms with Gasteiger partial charge < -0.3 is 9.92 Å². The maximum absolute atomic E-state index is 12.3. The van der Waals surface area contributed by atoms with E-state index in [0.717, 1.165) is 30.0 Å². The van der Waals surface area contributed by atoms with E-state index in [9.17, 15) is 13.2 Å². The second-order valence-electron chi connectivity index (χ2n) is 8.05. The molecule has 0 amide bonds. The van der Waals surface area contributed by atoms with Crippen molar-refractivity contribution in [2.24, 2.45) is 5.73 Å². The lowest BCUT2D eigenvalue weighted by Crippen LogP contribution is -2.14. The SMILES string of the molecule is CCCCCCCCCCCC(=O)OS(=O)(=O)Cc1ccc2cc(C(=N)N)ccc2c1. The molecule has 2 aromatic carbocycles. The zero-order valence-electron chi connectivity index (χ0n) is 18.4. The zero-order valence-corrected chi connectivity index (χ0v) is 19.2.